The summed E-state index contributed by atoms with van der Waals surface area (Å²) in [6.07, 6.45) is 0.748. The number of aldehydes is 1. The van der Waals surface area contributed by atoms with E-state index < -0.39 is 0 Å². The summed E-state index contributed by atoms with van der Waals surface area (Å²) in [7, 11) is 0. The zero-order chi connectivity index (χ0) is 10.1. The summed E-state index contributed by atoms with van der Waals surface area (Å²) in [4.78, 5) is 23.6. The van der Waals surface area contributed by atoms with E-state index in [2.05, 4.69) is 15.9 Å². The number of amides is 1. The fourth-order valence-corrected chi connectivity index (χ4v) is 2.08. The van der Waals surface area contributed by atoms with Crippen LogP contribution in [0.4, 0.5) is 0 Å². The molecule has 1 aliphatic rings. The predicted molar refractivity (Wildman–Crippen MR) is 54.9 cm³/mol. The van der Waals surface area contributed by atoms with Gasteiger partial charge in [0, 0.05) is 16.6 Å². The predicted octanol–water partition coefficient (Wildman–Crippen LogP) is 1.60. The van der Waals surface area contributed by atoms with Crippen LogP contribution in [-0.4, -0.2) is 23.6 Å². The molecule has 2 rings (SSSR count). The molecule has 0 spiro atoms. The van der Waals surface area contributed by atoms with Crippen LogP contribution in [-0.2, 0) is 11.3 Å². The molecule has 72 valence electrons. The van der Waals surface area contributed by atoms with Crippen molar-refractivity contribution in [3.05, 3.63) is 33.8 Å². The van der Waals surface area contributed by atoms with Crippen LogP contribution in [0, 0.1) is 0 Å². The molecule has 0 fully saturated rings. The molecule has 1 aromatic rings. The second kappa shape index (κ2) is 3.53. The van der Waals surface area contributed by atoms with Gasteiger partial charge in [-0.1, -0.05) is 22.0 Å². The van der Waals surface area contributed by atoms with Crippen molar-refractivity contribution in [2.45, 2.75) is 6.54 Å². The fraction of sp³-hybridized carbons (Fsp3) is 0.200. The Labute approximate surface area is 89.8 Å². The number of halogens is 1. The SMILES string of the molecule is O=CCN1Cc2c(Br)cccc2C1=O. The Bertz CT molecular complexity index is 403. The molecule has 0 bridgehead atoms. The molecule has 1 amide bonds. The highest BCUT2D eigenvalue weighted by Gasteiger charge is 2.27. The van der Waals surface area contributed by atoms with E-state index in [0.717, 1.165) is 16.3 Å². The van der Waals surface area contributed by atoms with Gasteiger partial charge in [0.05, 0.1) is 6.54 Å². The summed E-state index contributed by atoms with van der Waals surface area (Å²) < 4.78 is 0.928. The van der Waals surface area contributed by atoms with E-state index in [1.165, 1.54) is 4.90 Å². The Morgan fingerprint density at radius 3 is 2.93 bits per heavy atom. The number of rotatable bonds is 2. The quantitative estimate of drug-likeness (QED) is 0.752. The number of carbonyl (C=O) groups excluding carboxylic acids is 2. The van der Waals surface area contributed by atoms with Crippen LogP contribution in [0.3, 0.4) is 0 Å². The Morgan fingerprint density at radius 1 is 1.50 bits per heavy atom. The van der Waals surface area contributed by atoms with E-state index >= 15 is 0 Å². The number of carbonyl (C=O) groups is 2. The van der Waals surface area contributed by atoms with Crippen LogP contribution in [0.15, 0.2) is 22.7 Å². The number of hydrogen-bond donors (Lipinski definition) is 0. The van der Waals surface area contributed by atoms with Crippen LogP contribution >= 0.6 is 15.9 Å². The van der Waals surface area contributed by atoms with Crippen LogP contribution in [0.5, 0.6) is 0 Å². The standard InChI is InChI=1S/C10H8BrNO2/c11-9-3-1-2-7-8(9)6-12(4-5-13)10(7)14/h1-3,5H,4,6H2. The third kappa shape index (κ3) is 1.35. The van der Waals surface area contributed by atoms with E-state index in [9.17, 15) is 9.59 Å². The van der Waals surface area contributed by atoms with Gasteiger partial charge in [0.1, 0.15) is 6.29 Å². The fourth-order valence-electron chi connectivity index (χ4n) is 1.59. The van der Waals surface area contributed by atoms with Crippen molar-refractivity contribution < 1.29 is 9.59 Å². The monoisotopic (exact) mass is 253 g/mol. The molecule has 1 aliphatic heterocycles. The summed E-state index contributed by atoms with van der Waals surface area (Å²) in [6.45, 7) is 0.689. The molecule has 14 heavy (non-hydrogen) atoms. The lowest BCUT2D eigenvalue weighted by Gasteiger charge is -2.10. The molecule has 0 saturated carbocycles. The van der Waals surface area contributed by atoms with Crippen LogP contribution in [0.1, 0.15) is 15.9 Å². The van der Waals surface area contributed by atoms with Gasteiger partial charge in [0.15, 0.2) is 0 Å². The van der Waals surface area contributed by atoms with Gasteiger partial charge >= 0.3 is 0 Å². The first-order chi connectivity index (χ1) is 6.74. The molecule has 0 aromatic heterocycles. The summed E-state index contributed by atoms with van der Waals surface area (Å²) in [6, 6.07) is 5.51. The van der Waals surface area contributed by atoms with Crippen LogP contribution in [0.25, 0.3) is 0 Å². The van der Waals surface area contributed by atoms with Crippen molar-refractivity contribution in [1.82, 2.24) is 4.90 Å². The average Bonchev–Trinajstić information content (AvgIpc) is 2.48. The first-order valence-corrected chi connectivity index (χ1v) is 5.03. The third-order valence-electron chi connectivity index (χ3n) is 2.28. The van der Waals surface area contributed by atoms with Gasteiger partial charge in [0.2, 0.25) is 0 Å². The Balaban J connectivity index is 2.40. The van der Waals surface area contributed by atoms with E-state index in [4.69, 9.17) is 0 Å². The Kier molecular flexibility index (Phi) is 2.37. The summed E-state index contributed by atoms with van der Waals surface area (Å²) >= 11 is 3.39. The van der Waals surface area contributed by atoms with Gasteiger partial charge in [-0.05, 0) is 17.7 Å². The largest absolute Gasteiger partial charge is 0.327 e. The lowest BCUT2D eigenvalue weighted by Crippen LogP contribution is -2.25. The van der Waals surface area contributed by atoms with Crippen LogP contribution < -0.4 is 0 Å². The second-order valence-corrected chi connectivity index (χ2v) is 3.97. The number of nitrogens with zero attached hydrogens (tertiary/aromatic N) is 1. The number of fused-ring (bicyclic) bond motifs is 1. The van der Waals surface area contributed by atoms with Gasteiger partial charge in [-0.15, -0.1) is 0 Å². The normalized spacial score (nSPS) is 14.4. The van der Waals surface area contributed by atoms with Gasteiger partial charge < -0.3 is 9.69 Å². The average molecular weight is 254 g/mol. The maximum absolute atomic E-state index is 11.7. The zero-order valence-electron chi connectivity index (χ0n) is 7.37. The van der Waals surface area contributed by atoms with Gasteiger partial charge in [-0.25, -0.2) is 0 Å². The van der Waals surface area contributed by atoms with E-state index in [1.54, 1.807) is 6.07 Å². The molecule has 3 nitrogen and oxygen atoms in total. The van der Waals surface area contributed by atoms with Crippen molar-refractivity contribution in [2.24, 2.45) is 0 Å². The minimum Gasteiger partial charge on any atom is -0.327 e. The van der Waals surface area contributed by atoms with E-state index in [0.29, 0.717) is 12.1 Å². The molecule has 0 atom stereocenters. The Morgan fingerprint density at radius 2 is 2.29 bits per heavy atom. The first kappa shape index (κ1) is 9.40. The third-order valence-corrected chi connectivity index (χ3v) is 3.02. The maximum atomic E-state index is 11.7. The van der Waals surface area contributed by atoms with Gasteiger partial charge in [-0.3, -0.25) is 4.79 Å². The molecular formula is C10H8BrNO2. The summed E-state index contributed by atoms with van der Waals surface area (Å²) in [5.74, 6) is -0.0617. The highest BCUT2D eigenvalue weighted by atomic mass is 79.9. The lowest BCUT2D eigenvalue weighted by molar-refractivity contribution is -0.108. The minimum absolute atomic E-state index is 0.0617. The Hall–Kier alpha value is -1.16. The molecular weight excluding hydrogens is 246 g/mol. The number of hydrogen-bond acceptors (Lipinski definition) is 2. The molecule has 0 saturated heterocycles. The van der Waals surface area contributed by atoms with Crippen LogP contribution in [0.2, 0.25) is 0 Å². The van der Waals surface area contributed by atoms with Gasteiger partial charge in [0.25, 0.3) is 5.91 Å². The van der Waals surface area contributed by atoms with E-state index in [1.807, 2.05) is 12.1 Å². The van der Waals surface area contributed by atoms with Crippen molar-refractivity contribution >= 4 is 28.1 Å². The number of benzene rings is 1. The van der Waals surface area contributed by atoms with Crippen molar-refractivity contribution in [3.63, 3.8) is 0 Å². The molecule has 0 aliphatic carbocycles. The summed E-state index contributed by atoms with van der Waals surface area (Å²) in [5, 5.41) is 0. The van der Waals surface area contributed by atoms with E-state index in [-0.39, 0.29) is 12.5 Å². The molecule has 1 heterocycles. The van der Waals surface area contributed by atoms with Crippen molar-refractivity contribution in [2.75, 3.05) is 6.54 Å². The second-order valence-electron chi connectivity index (χ2n) is 3.12. The smallest absolute Gasteiger partial charge is 0.254 e. The zero-order valence-corrected chi connectivity index (χ0v) is 8.95. The molecule has 1 aromatic carbocycles. The van der Waals surface area contributed by atoms with Gasteiger partial charge in [-0.2, -0.15) is 0 Å². The topological polar surface area (TPSA) is 37.4 Å². The minimum atomic E-state index is -0.0617. The maximum Gasteiger partial charge on any atom is 0.254 e. The molecule has 0 N–H and O–H groups in total. The molecule has 0 radical (unpaired) electrons. The highest BCUT2D eigenvalue weighted by Crippen LogP contribution is 2.28. The molecule has 4 heteroatoms. The lowest BCUT2D eigenvalue weighted by atomic mass is 10.1. The van der Waals surface area contributed by atoms with Crippen molar-refractivity contribution in [3.8, 4) is 0 Å². The highest BCUT2D eigenvalue weighted by molar-refractivity contribution is 9.10. The molecule has 0 unspecified atom stereocenters. The summed E-state index contributed by atoms with van der Waals surface area (Å²) in [5.41, 5.74) is 1.67. The van der Waals surface area contributed by atoms with Crippen molar-refractivity contribution in [1.29, 1.82) is 0 Å². The first-order valence-electron chi connectivity index (χ1n) is 4.24.